The predicted molar refractivity (Wildman–Crippen MR) is 86.9 cm³/mol. The van der Waals surface area contributed by atoms with Crippen LogP contribution in [-0.4, -0.2) is 18.1 Å². The molecule has 0 radical (unpaired) electrons. The Kier molecular flexibility index (Phi) is 2.88. The number of pyridine rings is 1. The highest BCUT2D eigenvalue weighted by molar-refractivity contribution is 9.10. The zero-order valence-electron chi connectivity index (χ0n) is 11.3. The van der Waals surface area contributed by atoms with Crippen molar-refractivity contribution >= 4 is 38.2 Å². The fourth-order valence-corrected chi connectivity index (χ4v) is 4.30. The summed E-state index contributed by atoms with van der Waals surface area (Å²) in [6.07, 6.45) is 5.97. The maximum atomic E-state index is 6.25. The van der Waals surface area contributed by atoms with Gasteiger partial charge in [0.05, 0.1) is 23.1 Å². The van der Waals surface area contributed by atoms with Crippen molar-refractivity contribution in [2.75, 3.05) is 23.7 Å². The third kappa shape index (κ3) is 1.89. The van der Waals surface area contributed by atoms with E-state index in [0.29, 0.717) is 0 Å². The van der Waals surface area contributed by atoms with E-state index in [1.165, 1.54) is 30.3 Å². The Morgan fingerprint density at radius 2 is 1.95 bits per heavy atom. The minimum Gasteiger partial charge on any atom is -0.396 e. The first kappa shape index (κ1) is 12.5. The van der Waals surface area contributed by atoms with Crippen molar-refractivity contribution in [1.29, 1.82) is 0 Å². The van der Waals surface area contributed by atoms with E-state index in [2.05, 4.69) is 37.9 Å². The van der Waals surface area contributed by atoms with Gasteiger partial charge < -0.3 is 10.6 Å². The zero-order chi connectivity index (χ0) is 13.7. The normalized spacial score (nSPS) is 25.4. The van der Waals surface area contributed by atoms with E-state index >= 15 is 0 Å². The monoisotopic (exact) mass is 331 g/mol. The van der Waals surface area contributed by atoms with Gasteiger partial charge in [0.2, 0.25) is 0 Å². The lowest BCUT2D eigenvalue weighted by molar-refractivity contribution is 0.494. The highest BCUT2D eigenvalue weighted by Gasteiger charge is 2.37. The molecule has 0 spiro atoms. The van der Waals surface area contributed by atoms with Gasteiger partial charge >= 0.3 is 0 Å². The van der Waals surface area contributed by atoms with Gasteiger partial charge in [-0.15, -0.1) is 0 Å². The minimum atomic E-state index is 0.801. The maximum Gasteiger partial charge on any atom is 0.0745 e. The third-order valence-electron chi connectivity index (χ3n) is 4.87. The van der Waals surface area contributed by atoms with Crippen molar-refractivity contribution in [3.05, 3.63) is 28.9 Å². The van der Waals surface area contributed by atoms with Gasteiger partial charge in [0, 0.05) is 22.9 Å². The van der Waals surface area contributed by atoms with E-state index in [0.717, 1.165) is 40.6 Å². The van der Waals surface area contributed by atoms with Crippen molar-refractivity contribution in [1.82, 2.24) is 4.98 Å². The van der Waals surface area contributed by atoms with Crippen LogP contribution in [0.3, 0.4) is 0 Å². The Morgan fingerprint density at radius 3 is 2.70 bits per heavy atom. The summed E-state index contributed by atoms with van der Waals surface area (Å²) in [6, 6.07) is 6.23. The third-order valence-corrected chi connectivity index (χ3v) is 5.37. The van der Waals surface area contributed by atoms with Gasteiger partial charge in [-0.25, -0.2) is 0 Å². The molecule has 1 saturated heterocycles. The van der Waals surface area contributed by atoms with E-state index in [1.807, 2.05) is 6.07 Å². The van der Waals surface area contributed by atoms with E-state index in [4.69, 9.17) is 5.73 Å². The number of fused-ring (bicyclic) bond motifs is 2. The summed E-state index contributed by atoms with van der Waals surface area (Å²) in [6.45, 7) is 2.31. The Labute approximate surface area is 127 Å². The van der Waals surface area contributed by atoms with Crippen LogP contribution in [0.25, 0.3) is 10.9 Å². The lowest BCUT2D eigenvalue weighted by Gasteiger charge is -2.23. The molecule has 0 bridgehead atoms. The number of nitrogen functional groups attached to an aromatic ring is 1. The smallest absolute Gasteiger partial charge is 0.0745 e. The van der Waals surface area contributed by atoms with Crippen LogP contribution >= 0.6 is 15.9 Å². The summed E-state index contributed by atoms with van der Waals surface area (Å²) in [5.74, 6) is 1.73. The molecule has 3 nitrogen and oxygen atoms in total. The van der Waals surface area contributed by atoms with Gasteiger partial charge in [0.15, 0.2) is 0 Å². The van der Waals surface area contributed by atoms with Gasteiger partial charge in [-0.1, -0.05) is 22.4 Å². The molecule has 2 aromatic rings. The molecule has 0 amide bonds. The van der Waals surface area contributed by atoms with Gasteiger partial charge in [-0.2, -0.15) is 0 Å². The molecule has 1 aromatic carbocycles. The van der Waals surface area contributed by atoms with E-state index < -0.39 is 0 Å². The minimum absolute atomic E-state index is 0.801. The molecule has 1 aliphatic carbocycles. The molecule has 2 fully saturated rings. The summed E-state index contributed by atoms with van der Waals surface area (Å²) in [5, 5.41) is 1.17. The maximum absolute atomic E-state index is 6.25. The molecular weight excluding hydrogens is 314 g/mol. The largest absolute Gasteiger partial charge is 0.396 e. The van der Waals surface area contributed by atoms with Gasteiger partial charge in [0.1, 0.15) is 0 Å². The quantitative estimate of drug-likeness (QED) is 0.863. The molecule has 20 heavy (non-hydrogen) atoms. The Morgan fingerprint density at radius 1 is 1.20 bits per heavy atom. The second-order valence-corrected chi connectivity index (χ2v) is 7.00. The molecule has 1 aromatic heterocycles. The van der Waals surface area contributed by atoms with Crippen molar-refractivity contribution < 1.29 is 0 Å². The van der Waals surface area contributed by atoms with Crippen LogP contribution in [0.5, 0.6) is 0 Å². The number of rotatable bonds is 1. The standard InChI is InChI=1S/C16H18BrN3/c17-12-4-5-15-13(6-12)16(14(18)7-19-15)20-8-10-2-1-3-11(10)9-20/h4-7,10-11H,1-3,8-9,18H2. The lowest BCUT2D eigenvalue weighted by Crippen LogP contribution is -2.22. The summed E-state index contributed by atoms with van der Waals surface area (Å²) < 4.78 is 1.08. The second-order valence-electron chi connectivity index (χ2n) is 6.08. The van der Waals surface area contributed by atoms with E-state index in [1.54, 1.807) is 6.20 Å². The molecule has 4 heteroatoms. The van der Waals surface area contributed by atoms with Crippen LogP contribution in [0.4, 0.5) is 11.4 Å². The molecule has 2 heterocycles. The average Bonchev–Trinajstić information content (AvgIpc) is 2.99. The Bertz CT molecular complexity index is 653. The molecule has 1 aliphatic heterocycles. The summed E-state index contributed by atoms with van der Waals surface area (Å²) >= 11 is 3.56. The van der Waals surface area contributed by atoms with Crippen LogP contribution in [-0.2, 0) is 0 Å². The number of hydrogen-bond acceptors (Lipinski definition) is 3. The Hall–Kier alpha value is -1.29. The van der Waals surface area contributed by atoms with E-state index in [-0.39, 0.29) is 0 Å². The first-order chi connectivity index (χ1) is 9.72. The number of anilines is 2. The lowest BCUT2D eigenvalue weighted by atomic mass is 10.0. The molecule has 1 saturated carbocycles. The molecule has 2 aliphatic rings. The number of aromatic nitrogens is 1. The molecule has 2 atom stereocenters. The highest BCUT2D eigenvalue weighted by atomic mass is 79.9. The topological polar surface area (TPSA) is 42.1 Å². The summed E-state index contributed by atoms with van der Waals surface area (Å²) in [4.78, 5) is 6.94. The van der Waals surface area contributed by atoms with Crippen LogP contribution in [0.2, 0.25) is 0 Å². The fraction of sp³-hybridized carbons (Fsp3) is 0.438. The summed E-state index contributed by atoms with van der Waals surface area (Å²) in [5.41, 5.74) is 9.26. The number of benzene rings is 1. The highest BCUT2D eigenvalue weighted by Crippen LogP contribution is 2.43. The first-order valence-electron chi connectivity index (χ1n) is 7.31. The zero-order valence-corrected chi connectivity index (χ0v) is 12.9. The van der Waals surface area contributed by atoms with Gasteiger partial charge in [0.25, 0.3) is 0 Å². The predicted octanol–water partition coefficient (Wildman–Crippen LogP) is 3.82. The fourth-order valence-electron chi connectivity index (χ4n) is 3.94. The SMILES string of the molecule is Nc1cnc2ccc(Br)cc2c1N1CC2CCCC2C1. The van der Waals surface area contributed by atoms with Gasteiger partial charge in [-0.3, -0.25) is 4.98 Å². The van der Waals surface area contributed by atoms with Crippen LogP contribution < -0.4 is 10.6 Å². The first-order valence-corrected chi connectivity index (χ1v) is 8.10. The molecule has 2 unspecified atom stereocenters. The molecule has 2 N–H and O–H groups in total. The number of halogens is 1. The number of nitrogens with two attached hydrogens (primary N) is 1. The van der Waals surface area contributed by atoms with Crippen molar-refractivity contribution in [2.45, 2.75) is 19.3 Å². The van der Waals surface area contributed by atoms with Crippen LogP contribution in [0, 0.1) is 11.8 Å². The van der Waals surface area contributed by atoms with Crippen molar-refractivity contribution in [3.8, 4) is 0 Å². The van der Waals surface area contributed by atoms with E-state index in [9.17, 15) is 0 Å². The second kappa shape index (κ2) is 4.62. The van der Waals surface area contributed by atoms with Crippen LogP contribution in [0.15, 0.2) is 28.9 Å². The molecule has 4 rings (SSSR count). The van der Waals surface area contributed by atoms with Crippen molar-refractivity contribution in [3.63, 3.8) is 0 Å². The number of hydrogen-bond donors (Lipinski definition) is 1. The molecule has 104 valence electrons. The average molecular weight is 332 g/mol. The van der Waals surface area contributed by atoms with Crippen molar-refractivity contribution in [2.24, 2.45) is 11.8 Å². The number of nitrogens with zero attached hydrogens (tertiary/aromatic N) is 2. The molecular formula is C16H18BrN3. The Balaban J connectivity index is 1.82. The van der Waals surface area contributed by atoms with Gasteiger partial charge in [-0.05, 0) is 42.9 Å². The van der Waals surface area contributed by atoms with Crippen LogP contribution in [0.1, 0.15) is 19.3 Å². The summed E-state index contributed by atoms with van der Waals surface area (Å²) in [7, 11) is 0.